The SMILES string of the molecule is CCCC(C)C(C)=CCCCl. The summed E-state index contributed by atoms with van der Waals surface area (Å²) >= 11 is 5.58. The summed E-state index contributed by atoms with van der Waals surface area (Å²) in [5.74, 6) is 1.49. The second kappa shape index (κ2) is 6.72. The second-order valence-corrected chi connectivity index (χ2v) is 3.49. The van der Waals surface area contributed by atoms with Crippen LogP contribution in [0.4, 0.5) is 0 Å². The fourth-order valence-electron chi connectivity index (χ4n) is 1.14. The lowest BCUT2D eigenvalue weighted by atomic mass is 9.97. The molecule has 1 heteroatoms. The highest BCUT2D eigenvalue weighted by Gasteiger charge is 2.00. The van der Waals surface area contributed by atoms with E-state index in [1.807, 2.05) is 0 Å². The molecule has 0 aromatic heterocycles. The topological polar surface area (TPSA) is 0 Å². The molecule has 0 nitrogen and oxygen atoms in total. The van der Waals surface area contributed by atoms with Crippen molar-refractivity contribution in [2.75, 3.05) is 5.88 Å². The van der Waals surface area contributed by atoms with Crippen molar-refractivity contribution in [3.8, 4) is 0 Å². The van der Waals surface area contributed by atoms with Gasteiger partial charge in [0.2, 0.25) is 0 Å². The highest BCUT2D eigenvalue weighted by atomic mass is 35.5. The molecule has 0 aromatic rings. The highest BCUT2D eigenvalue weighted by Crippen LogP contribution is 2.15. The Morgan fingerprint density at radius 3 is 2.64 bits per heavy atom. The molecule has 0 aliphatic heterocycles. The third-order valence-corrected chi connectivity index (χ3v) is 2.29. The van der Waals surface area contributed by atoms with E-state index in [-0.39, 0.29) is 0 Å². The quantitative estimate of drug-likeness (QED) is 0.437. The first kappa shape index (κ1) is 11.0. The van der Waals surface area contributed by atoms with E-state index < -0.39 is 0 Å². The van der Waals surface area contributed by atoms with E-state index in [4.69, 9.17) is 11.6 Å². The summed E-state index contributed by atoms with van der Waals surface area (Å²) in [6, 6.07) is 0. The van der Waals surface area contributed by atoms with E-state index in [2.05, 4.69) is 26.8 Å². The van der Waals surface area contributed by atoms with Gasteiger partial charge in [-0.1, -0.05) is 31.9 Å². The molecule has 0 fully saturated rings. The van der Waals surface area contributed by atoms with Crippen LogP contribution in [0.25, 0.3) is 0 Å². The Hall–Kier alpha value is 0.0300. The van der Waals surface area contributed by atoms with Crippen molar-refractivity contribution in [2.24, 2.45) is 5.92 Å². The van der Waals surface area contributed by atoms with Gasteiger partial charge in [0.25, 0.3) is 0 Å². The van der Waals surface area contributed by atoms with Gasteiger partial charge in [-0.2, -0.15) is 0 Å². The fourth-order valence-corrected chi connectivity index (χ4v) is 1.25. The number of hydrogen-bond acceptors (Lipinski definition) is 0. The predicted molar refractivity (Wildman–Crippen MR) is 53.2 cm³/mol. The van der Waals surface area contributed by atoms with Crippen molar-refractivity contribution in [1.29, 1.82) is 0 Å². The fraction of sp³-hybridized carbons (Fsp3) is 0.800. The normalized spacial score (nSPS) is 15.1. The zero-order valence-corrected chi connectivity index (χ0v) is 8.62. The van der Waals surface area contributed by atoms with E-state index in [1.54, 1.807) is 0 Å². The Balaban J connectivity index is 3.69. The molecule has 1 atom stereocenters. The van der Waals surface area contributed by atoms with Crippen molar-refractivity contribution in [3.63, 3.8) is 0 Å². The first-order valence-corrected chi connectivity index (χ1v) is 4.98. The molecule has 0 aliphatic rings. The second-order valence-electron chi connectivity index (χ2n) is 3.12. The van der Waals surface area contributed by atoms with Gasteiger partial charge in [0.15, 0.2) is 0 Å². The lowest BCUT2D eigenvalue weighted by molar-refractivity contribution is 0.599. The van der Waals surface area contributed by atoms with Crippen LogP contribution in [0.1, 0.15) is 40.0 Å². The summed E-state index contributed by atoms with van der Waals surface area (Å²) in [5, 5.41) is 0. The Labute approximate surface area is 75.6 Å². The zero-order valence-electron chi connectivity index (χ0n) is 7.86. The molecule has 0 aromatic carbocycles. The zero-order chi connectivity index (χ0) is 8.69. The summed E-state index contributed by atoms with van der Waals surface area (Å²) in [7, 11) is 0. The molecule has 0 aliphatic carbocycles. The highest BCUT2D eigenvalue weighted by molar-refractivity contribution is 6.17. The van der Waals surface area contributed by atoms with Crippen LogP contribution in [0.3, 0.4) is 0 Å². The van der Waals surface area contributed by atoms with Crippen LogP contribution in [0.5, 0.6) is 0 Å². The van der Waals surface area contributed by atoms with Gasteiger partial charge in [-0.25, -0.2) is 0 Å². The van der Waals surface area contributed by atoms with Crippen LogP contribution >= 0.6 is 11.6 Å². The number of hydrogen-bond donors (Lipinski definition) is 0. The maximum Gasteiger partial charge on any atom is 0.0258 e. The van der Waals surface area contributed by atoms with Crippen molar-refractivity contribution >= 4 is 11.6 Å². The molecule has 0 saturated carbocycles. The average Bonchev–Trinajstić information content (AvgIpc) is 2.00. The molecular weight excluding hydrogens is 156 g/mol. The van der Waals surface area contributed by atoms with Crippen LogP contribution in [0.15, 0.2) is 11.6 Å². The van der Waals surface area contributed by atoms with Gasteiger partial charge in [-0.15, -0.1) is 11.6 Å². The monoisotopic (exact) mass is 174 g/mol. The summed E-state index contributed by atoms with van der Waals surface area (Å²) < 4.78 is 0. The molecule has 0 heterocycles. The van der Waals surface area contributed by atoms with E-state index >= 15 is 0 Å². The van der Waals surface area contributed by atoms with E-state index in [1.165, 1.54) is 18.4 Å². The molecule has 0 amide bonds. The summed E-state index contributed by atoms with van der Waals surface area (Å²) in [5.41, 5.74) is 1.49. The number of rotatable bonds is 5. The van der Waals surface area contributed by atoms with Gasteiger partial charge in [0.05, 0.1) is 0 Å². The van der Waals surface area contributed by atoms with Gasteiger partial charge >= 0.3 is 0 Å². The Bertz CT molecular complexity index is 116. The predicted octanol–water partition coefficient (Wildman–Crippen LogP) is 4.00. The Morgan fingerprint density at radius 2 is 2.18 bits per heavy atom. The molecule has 0 N–H and O–H groups in total. The Kier molecular flexibility index (Phi) is 6.74. The molecule has 11 heavy (non-hydrogen) atoms. The van der Waals surface area contributed by atoms with Gasteiger partial charge in [0, 0.05) is 5.88 Å². The van der Waals surface area contributed by atoms with Crippen LogP contribution in [-0.2, 0) is 0 Å². The Morgan fingerprint density at radius 1 is 1.55 bits per heavy atom. The van der Waals surface area contributed by atoms with Gasteiger partial charge in [0.1, 0.15) is 0 Å². The number of halogens is 1. The van der Waals surface area contributed by atoms with E-state index in [9.17, 15) is 0 Å². The molecule has 0 spiro atoms. The standard InChI is InChI=1S/C10H19Cl/c1-4-6-9(2)10(3)7-5-8-11/h7,9H,4-6,8H2,1-3H3. The first-order chi connectivity index (χ1) is 5.22. The van der Waals surface area contributed by atoms with Crippen LogP contribution < -0.4 is 0 Å². The minimum Gasteiger partial charge on any atom is -0.126 e. The average molecular weight is 175 g/mol. The van der Waals surface area contributed by atoms with Crippen LogP contribution in [-0.4, -0.2) is 5.88 Å². The van der Waals surface area contributed by atoms with Gasteiger partial charge < -0.3 is 0 Å². The third-order valence-electron chi connectivity index (χ3n) is 2.07. The van der Waals surface area contributed by atoms with Crippen molar-refractivity contribution in [2.45, 2.75) is 40.0 Å². The van der Waals surface area contributed by atoms with Gasteiger partial charge in [-0.05, 0) is 25.7 Å². The first-order valence-electron chi connectivity index (χ1n) is 4.45. The van der Waals surface area contributed by atoms with Crippen LogP contribution in [0.2, 0.25) is 0 Å². The van der Waals surface area contributed by atoms with Crippen molar-refractivity contribution in [1.82, 2.24) is 0 Å². The van der Waals surface area contributed by atoms with E-state index in [0.717, 1.165) is 18.2 Å². The van der Waals surface area contributed by atoms with Crippen LogP contribution in [0, 0.1) is 5.92 Å². The molecular formula is C10H19Cl. The summed E-state index contributed by atoms with van der Waals surface area (Å²) in [6.45, 7) is 6.71. The number of alkyl halides is 1. The molecule has 0 saturated heterocycles. The smallest absolute Gasteiger partial charge is 0.0258 e. The minimum atomic E-state index is 0.739. The minimum absolute atomic E-state index is 0.739. The summed E-state index contributed by atoms with van der Waals surface area (Å²) in [4.78, 5) is 0. The lowest BCUT2D eigenvalue weighted by Crippen LogP contribution is -1.95. The van der Waals surface area contributed by atoms with Crippen molar-refractivity contribution in [3.05, 3.63) is 11.6 Å². The number of allylic oxidation sites excluding steroid dienone is 2. The summed E-state index contributed by atoms with van der Waals surface area (Å²) in [6.07, 6.45) is 5.84. The third kappa shape index (κ3) is 5.32. The van der Waals surface area contributed by atoms with Gasteiger partial charge in [-0.3, -0.25) is 0 Å². The molecule has 0 bridgehead atoms. The molecule has 0 rings (SSSR count). The molecule has 1 unspecified atom stereocenters. The largest absolute Gasteiger partial charge is 0.126 e. The van der Waals surface area contributed by atoms with Crippen molar-refractivity contribution < 1.29 is 0 Å². The maximum absolute atomic E-state index is 5.58. The molecule has 0 radical (unpaired) electrons. The van der Waals surface area contributed by atoms with E-state index in [0.29, 0.717) is 0 Å². The molecule has 66 valence electrons. The lowest BCUT2D eigenvalue weighted by Gasteiger charge is -2.09. The maximum atomic E-state index is 5.58.